The van der Waals surface area contributed by atoms with Crippen LogP contribution in [0.2, 0.25) is 0 Å². The first-order chi connectivity index (χ1) is 21.2. The molecule has 0 amide bonds. The van der Waals surface area contributed by atoms with E-state index in [-0.39, 0.29) is 25.6 Å². The number of aliphatic hydroxyl groups excluding tert-OH is 1. The van der Waals surface area contributed by atoms with Crippen molar-refractivity contribution in [1.29, 1.82) is 0 Å². The molecule has 0 fully saturated rings. The first-order valence-electron chi connectivity index (χ1n) is 15.5. The highest BCUT2D eigenvalue weighted by Crippen LogP contribution is 2.54. The lowest BCUT2D eigenvalue weighted by Crippen LogP contribution is -2.26. The first-order valence-corrected chi connectivity index (χ1v) is 18.7. The standard InChI is InChI=1S/C28H51N5O9P2/c1-2-3-4-5-6-7-8-9-10-11-12-13-14-15-16-17-39-18-19-41-44(37,38)42-43(35,36)24-40-25(21-34)20-33-23-32-26-27(29)30-22-31-28(26)33/h2-3,22-23,25,34H,4-21,24H2,1H3,(H,35,36)(H,37,38)(H2,29,30,31)/p-2/b3-2+/t25-/m0/s1. The van der Waals surface area contributed by atoms with E-state index in [9.17, 15) is 24.0 Å². The molecule has 0 spiro atoms. The van der Waals surface area contributed by atoms with Gasteiger partial charge >= 0.3 is 0 Å². The molecule has 2 aromatic rings. The van der Waals surface area contributed by atoms with Crippen molar-refractivity contribution in [2.24, 2.45) is 0 Å². The highest BCUT2D eigenvalue weighted by Gasteiger charge is 2.22. The molecule has 3 N–H and O–H groups in total. The number of fused-ring (bicyclic) bond motifs is 1. The first kappa shape index (κ1) is 38.5. The number of hydrogen-bond donors (Lipinski definition) is 2. The Bertz CT molecular complexity index is 1180. The normalized spacial score (nSPS) is 15.5. The van der Waals surface area contributed by atoms with Crippen molar-refractivity contribution < 1.29 is 42.3 Å². The lowest BCUT2D eigenvalue weighted by atomic mass is 10.0. The molecule has 0 aliphatic heterocycles. The number of phosphoric ester groups is 1. The summed E-state index contributed by atoms with van der Waals surface area (Å²) >= 11 is 0. The molecule has 0 aromatic carbocycles. The van der Waals surface area contributed by atoms with Crippen molar-refractivity contribution in [1.82, 2.24) is 19.5 Å². The number of nitrogens with zero attached hydrogens (tertiary/aromatic N) is 4. The molecule has 2 heterocycles. The van der Waals surface area contributed by atoms with Crippen LogP contribution in [0, 0.1) is 0 Å². The van der Waals surface area contributed by atoms with Crippen LogP contribution in [-0.2, 0) is 34.0 Å². The second kappa shape index (κ2) is 21.9. The third-order valence-corrected chi connectivity index (χ3v) is 9.61. The number of aromatic nitrogens is 4. The largest absolute Gasteiger partial charge is 0.777 e. The molecule has 44 heavy (non-hydrogen) atoms. The van der Waals surface area contributed by atoms with Crippen LogP contribution in [0.5, 0.6) is 0 Å². The summed E-state index contributed by atoms with van der Waals surface area (Å²) in [6.07, 6.45) is 20.7. The van der Waals surface area contributed by atoms with Gasteiger partial charge in [-0.3, -0.25) is 8.88 Å². The number of phosphoric acid groups is 1. The minimum absolute atomic E-state index is 0.0237. The molecule has 0 aliphatic rings. The quantitative estimate of drug-likeness (QED) is 0.0771. The summed E-state index contributed by atoms with van der Waals surface area (Å²) < 4.78 is 45.1. The number of unbranched alkanes of at least 4 members (excludes halogenated alkanes) is 12. The zero-order chi connectivity index (χ0) is 32.1. The third kappa shape index (κ3) is 16.5. The van der Waals surface area contributed by atoms with Crippen molar-refractivity contribution in [3.63, 3.8) is 0 Å². The number of imidazole rings is 1. The Morgan fingerprint density at radius 3 is 2.20 bits per heavy atom. The van der Waals surface area contributed by atoms with Crippen molar-refractivity contribution in [2.45, 2.75) is 103 Å². The third-order valence-electron chi connectivity index (χ3n) is 6.85. The molecular weight excluding hydrogens is 612 g/mol. The maximum atomic E-state index is 12.2. The average Bonchev–Trinajstić information content (AvgIpc) is 3.39. The highest BCUT2D eigenvalue weighted by molar-refractivity contribution is 7.62. The maximum absolute atomic E-state index is 12.2. The molecule has 0 saturated carbocycles. The molecule has 0 aliphatic carbocycles. The number of nitrogen functional groups attached to an aromatic ring is 1. The molecule has 0 bridgehead atoms. The Kier molecular flexibility index (Phi) is 19.1. The molecule has 16 heteroatoms. The fourth-order valence-electron chi connectivity index (χ4n) is 4.52. The van der Waals surface area contributed by atoms with Crippen LogP contribution in [0.1, 0.15) is 90.4 Å². The Morgan fingerprint density at radius 1 is 0.932 bits per heavy atom. The summed E-state index contributed by atoms with van der Waals surface area (Å²) in [6, 6.07) is 0. The van der Waals surface area contributed by atoms with Gasteiger partial charge in [0.2, 0.25) is 0 Å². The molecule has 3 atom stereocenters. The van der Waals surface area contributed by atoms with Gasteiger partial charge in [0.25, 0.3) is 7.82 Å². The van der Waals surface area contributed by atoms with Gasteiger partial charge in [0, 0.05) is 6.61 Å². The SMILES string of the molecule is C/C=C/CCCCCCCCCCCCCCOCCOP(=O)([O-])OP(=O)([O-])CO[C@H](CO)Cn1cnc2c(N)ncnc21. The number of ether oxygens (including phenoxy) is 2. The van der Waals surface area contributed by atoms with E-state index in [0.717, 1.165) is 19.3 Å². The van der Waals surface area contributed by atoms with E-state index in [1.165, 1.54) is 81.4 Å². The number of nitrogens with two attached hydrogens (primary N) is 1. The molecule has 2 aromatic heterocycles. The summed E-state index contributed by atoms with van der Waals surface area (Å²) in [7, 11) is -10.2. The van der Waals surface area contributed by atoms with Crippen LogP contribution in [0.15, 0.2) is 24.8 Å². The predicted molar refractivity (Wildman–Crippen MR) is 164 cm³/mol. The monoisotopic (exact) mass is 661 g/mol. The smallest absolute Gasteiger partial charge is 0.272 e. The van der Waals surface area contributed by atoms with Crippen molar-refractivity contribution in [3.05, 3.63) is 24.8 Å². The van der Waals surface area contributed by atoms with Crippen LogP contribution < -0.4 is 15.5 Å². The van der Waals surface area contributed by atoms with E-state index in [2.05, 4.69) is 42.9 Å². The number of hydrogen-bond acceptors (Lipinski definition) is 13. The van der Waals surface area contributed by atoms with E-state index in [4.69, 9.17) is 15.2 Å². The van der Waals surface area contributed by atoms with Gasteiger partial charge in [0.05, 0.1) is 38.8 Å². The topological polar surface area (TPSA) is 207 Å². The maximum Gasteiger partial charge on any atom is 0.272 e. The summed E-state index contributed by atoms with van der Waals surface area (Å²) in [4.78, 5) is 36.1. The lowest BCUT2D eigenvalue weighted by molar-refractivity contribution is -0.234. The van der Waals surface area contributed by atoms with E-state index < -0.39 is 34.5 Å². The fraction of sp³-hybridized carbons (Fsp3) is 0.750. The summed E-state index contributed by atoms with van der Waals surface area (Å²) in [5, 5.41) is 9.60. The lowest BCUT2D eigenvalue weighted by Gasteiger charge is -2.31. The summed E-state index contributed by atoms with van der Waals surface area (Å²) in [6.45, 7) is 1.52. The van der Waals surface area contributed by atoms with Gasteiger partial charge in [-0.05, 0) is 26.2 Å². The molecule has 0 saturated heterocycles. The molecule has 2 unspecified atom stereocenters. The van der Waals surface area contributed by atoms with Gasteiger partial charge < -0.3 is 43.8 Å². The van der Waals surface area contributed by atoms with Gasteiger partial charge in [0.1, 0.15) is 18.2 Å². The molecule has 0 radical (unpaired) electrons. The predicted octanol–water partition coefficient (Wildman–Crippen LogP) is 4.46. The fourth-order valence-corrected chi connectivity index (χ4v) is 6.81. The van der Waals surface area contributed by atoms with E-state index >= 15 is 0 Å². The number of allylic oxidation sites excluding steroid dienone is 2. The van der Waals surface area contributed by atoms with E-state index in [1.807, 2.05) is 0 Å². The Labute approximate surface area is 260 Å². The molecular formula is C28H49N5O9P2-2. The van der Waals surface area contributed by atoms with Gasteiger partial charge in [-0.25, -0.2) is 15.0 Å². The Morgan fingerprint density at radius 2 is 1.57 bits per heavy atom. The zero-order valence-corrected chi connectivity index (χ0v) is 27.6. The highest BCUT2D eigenvalue weighted by atomic mass is 31.3. The van der Waals surface area contributed by atoms with Crippen molar-refractivity contribution in [2.75, 3.05) is 38.5 Å². The molecule has 2 rings (SSSR count). The van der Waals surface area contributed by atoms with Crippen molar-refractivity contribution >= 4 is 32.4 Å². The van der Waals surface area contributed by atoms with Crippen LogP contribution in [0.3, 0.4) is 0 Å². The zero-order valence-electron chi connectivity index (χ0n) is 25.8. The minimum Gasteiger partial charge on any atom is -0.777 e. The van der Waals surface area contributed by atoms with Crippen LogP contribution >= 0.6 is 15.4 Å². The van der Waals surface area contributed by atoms with Gasteiger partial charge in [-0.15, -0.1) is 0 Å². The second-order valence-electron chi connectivity index (χ2n) is 10.6. The number of anilines is 1. The van der Waals surface area contributed by atoms with Crippen molar-refractivity contribution in [3.8, 4) is 0 Å². The van der Waals surface area contributed by atoms with Crippen LogP contribution in [0.25, 0.3) is 11.2 Å². The number of aliphatic hydroxyl groups is 1. The average molecular weight is 662 g/mol. The Balaban J connectivity index is 1.48. The van der Waals surface area contributed by atoms with E-state index in [0.29, 0.717) is 17.8 Å². The number of rotatable bonds is 27. The van der Waals surface area contributed by atoms with Gasteiger partial charge in [-0.2, -0.15) is 0 Å². The summed E-state index contributed by atoms with van der Waals surface area (Å²) in [5.74, 6) is 0.160. The van der Waals surface area contributed by atoms with E-state index in [1.54, 1.807) is 0 Å². The van der Waals surface area contributed by atoms with Crippen LogP contribution in [0.4, 0.5) is 5.82 Å². The van der Waals surface area contributed by atoms with Gasteiger partial charge in [-0.1, -0.05) is 76.4 Å². The van der Waals surface area contributed by atoms with Gasteiger partial charge in [0.15, 0.2) is 19.1 Å². The summed E-state index contributed by atoms with van der Waals surface area (Å²) in [5.41, 5.74) is 6.44. The second-order valence-corrected chi connectivity index (χ2v) is 13.9. The molecule has 14 nitrogen and oxygen atoms in total. The van der Waals surface area contributed by atoms with Crippen LogP contribution in [-0.4, -0.2) is 63.5 Å². The molecule has 252 valence electrons. The Hall–Kier alpha value is -1.73. The minimum atomic E-state index is -5.17.